The summed E-state index contributed by atoms with van der Waals surface area (Å²) in [5.41, 5.74) is 0.665. The number of carboxylic acid groups (broad SMARTS) is 1. The Kier molecular flexibility index (Phi) is 3.98. The Morgan fingerprint density at radius 2 is 2.22 bits per heavy atom. The standard InChI is InChI=1S/C12H8BrFO3S/c13-10-2-1-8(14)3-7(10)5-17-9-4-11(12(15)16)18-6-9/h1-4,6H,5H2,(H,15,16). The molecule has 0 amide bonds. The van der Waals surface area contributed by atoms with Crippen molar-refractivity contribution in [3.8, 4) is 5.75 Å². The van der Waals surface area contributed by atoms with Crippen LogP contribution in [0.2, 0.25) is 0 Å². The fourth-order valence-corrected chi connectivity index (χ4v) is 2.35. The van der Waals surface area contributed by atoms with Crippen molar-refractivity contribution in [2.24, 2.45) is 0 Å². The number of aromatic carboxylic acids is 1. The number of carbonyl (C=O) groups is 1. The highest BCUT2D eigenvalue weighted by Gasteiger charge is 2.08. The number of benzene rings is 1. The summed E-state index contributed by atoms with van der Waals surface area (Å²) in [4.78, 5) is 10.9. The lowest BCUT2D eigenvalue weighted by atomic mass is 10.2. The molecule has 1 heterocycles. The number of ether oxygens (including phenoxy) is 1. The third kappa shape index (κ3) is 3.08. The molecule has 1 N–H and O–H groups in total. The second kappa shape index (κ2) is 5.49. The van der Waals surface area contributed by atoms with Crippen molar-refractivity contribution in [2.75, 3.05) is 0 Å². The minimum Gasteiger partial charge on any atom is -0.488 e. The monoisotopic (exact) mass is 330 g/mol. The molecule has 0 aliphatic rings. The topological polar surface area (TPSA) is 46.5 Å². The van der Waals surface area contributed by atoms with E-state index in [0.717, 1.165) is 15.8 Å². The zero-order valence-corrected chi connectivity index (χ0v) is 11.4. The van der Waals surface area contributed by atoms with Crippen molar-refractivity contribution < 1.29 is 19.0 Å². The molecular weight excluding hydrogens is 323 g/mol. The zero-order valence-electron chi connectivity index (χ0n) is 9.02. The fraction of sp³-hybridized carbons (Fsp3) is 0.0833. The first kappa shape index (κ1) is 13.0. The van der Waals surface area contributed by atoms with Crippen LogP contribution in [-0.4, -0.2) is 11.1 Å². The molecule has 3 nitrogen and oxygen atoms in total. The van der Waals surface area contributed by atoms with E-state index in [0.29, 0.717) is 11.3 Å². The van der Waals surface area contributed by atoms with Crippen molar-refractivity contribution in [1.82, 2.24) is 0 Å². The van der Waals surface area contributed by atoms with E-state index in [-0.39, 0.29) is 17.3 Å². The Hall–Kier alpha value is -1.40. The van der Waals surface area contributed by atoms with Gasteiger partial charge in [0.1, 0.15) is 23.1 Å². The predicted octanol–water partition coefficient (Wildman–Crippen LogP) is 3.93. The number of hydrogen-bond acceptors (Lipinski definition) is 3. The molecule has 0 radical (unpaired) electrons. The Labute approximate surface area is 115 Å². The highest BCUT2D eigenvalue weighted by Crippen LogP contribution is 2.24. The van der Waals surface area contributed by atoms with Crippen LogP contribution >= 0.6 is 27.3 Å². The van der Waals surface area contributed by atoms with Crippen LogP contribution in [0.15, 0.2) is 34.1 Å². The molecule has 94 valence electrons. The van der Waals surface area contributed by atoms with Crippen LogP contribution in [0, 0.1) is 5.82 Å². The van der Waals surface area contributed by atoms with Gasteiger partial charge in [0.05, 0.1) is 0 Å². The smallest absolute Gasteiger partial charge is 0.346 e. The van der Waals surface area contributed by atoms with E-state index in [2.05, 4.69) is 15.9 Å². The largest absolute Gasteiger partial charge is 0.488 e. The van der Waals surface area contributed by atoms with Gasteiger partial charge in [0.25, 0.3) is 0 Å². The molecule has 0 fully saturated rings. The van der Waals surface area contributed by atoms with E-state index in [4.69, 9.17) is 9.84 Å². The van der Waals surface area contributed by atoms with Crippen LogP contribution in [0.1, 0.15) is 15.2 Å². The second-order valence-corrected chi connectivity index (χ2v) is 5.24. The highest BCUT2D eigenvalue weighted by molar-refractivity contribution is 9.10. The number of thiophene rings is 1. The van der Waals surface area contributed by atoms with Crippen molar-refractivity contribution in [2.45, 2.75) is 6.61 Å². The molecule has 0 saturated heterocycles. The fourth-order valence-electron chi connectivity index (χ4n) is 1.32. The summed E-state index contributed by atoms with van der Waals surface area (Å²) in [5, 5.41) is 10.4. The Morgan fingerprint density at radius 1 is 1.44 bits per heavy atom. The first-order valence-electron chi connectivity index (χ1n) is 4.95. The molecule has 0 aliphatic carbocycles. The molecule has 1 aromatic heterocycles. The summed E-state index contributed by atoms with van der Waals surface area (Å²) >= 11 is 4.38. The maximum Gasteiger partial charge on any atom is 0.346 e. The van der Waals surface area contributed by atoms with Crippen LogP contribution in [0.25, 0.3) is 0 Å². The van der Waals surface area contributed by atoms with Crippen LogP contribution in [0.5, 0.6) is 5.75 Å². The molecular formula is C12H8BrFO3S. The van der Waals surface area contributed by atoms with Gasteiger partial charge >= 0.3 is 5.97 Å². The average molecular weight is 331 g/mol. The predicted molar refractivity (Wildman–Crippen MR) is 69.7 cm³/mol. The van der Waals surface area contributed by atoms with Gasteiger partial charge in [0, 0.05) is 21.5 Å². The number of hydrogen-bond donors (Lipinski definition) is 1. The molecule has 2 rings (SSSR count). The highest BCUT2D eigenvalue weighted by atomic mass is 79.9. The second-order valence-electron chi connectivity index (χ2n) is 3.48. The van der Waals surface area contributed by atoms with Gasteiger partial charge < -0.3 is 9.84 Å². The Morgan fingerprint density at radius 3 is 2.89 bits per heavy atom. The van der Waals surface area contributed by atoms with Gasteiger partial charge in [0.2, 0.25) is 0 Å². The Bertz CT molecular complexity index is 582. The van der Waals surface area contributed by atoms with Gasteiger partial charge in [0.15, 0.2) is 0 Å². The van der Waals surface area contributed by atoms with E-state index in [9.17, 15) is 9.18 Å². The SMILES string of the molecule is O=C(O)c1cc(OCc2cc(F)ccc2Br)cs1. The van der Waals surface area contributed by atoms with Gasteiger partial charge in [-0.25, -0.2) is 9.18 Å². The van der Waals surface area contributed by atoms with E-state index < -0.39 is 5.97 Å². The van der Waals surface area contributed by atoms with Crippen molar-refractivity contribution in [3.63, 3.8) is 0 Å². The molecule has 1 aromatic carbocycles. The molecule has 0 aliphatic heterocycles. The summed E-state index contributed by atoms with van der Waals surface area (Å²) in [5.74, 6) is -0.858. The van der Waals surface area contributed by atoms with Crippen LogP contribution in [-0.2, 0) is 6.61 Å². The molecule has 0 spiro atoms. The van der Waals surface area contributed by atoms with Gasteiger partial charge in [-0.1, -0.05) is 15.9 Å². The van der Waals surface area contributed by atoms with Crippen molar-refractivity contribution in [3.05, 3.63) is 50.4 Å². The third-order valence-corrected chi connectivity index (χ3v) is 3.86. The van der Waals surface area contributed by atoms with Gasteiger partial charge in [-0.05, 0) is 18.2 Å². The minimum atomic E-state index is -0.984. The summed E-state index contributed by atoms with van der Waals surface area (Å²) in [6.45, 7) is 0.175. The lowest BCUT2D eigenvalue weighted by Gasteiger charge is -2.06. The van der Waals surface area contributed by atoms with Crippen molar-refractivity contribution in [1.29, 1.82) is 0 Å². The van der Waals surface area contributed by atoms with E-state index in [1.807, 2.05) is 0 Å². The van der Waals surface area contributed by atoms with E-state index >= 15 is 0 Å². The summed E-state index contributed by atoms with van der Waals surface area (Å²) in [6, 6.07) is 5.76. The maximum atomic E-state index is 13.0. The first-order chi connectivity index (χ1) is 8.56. The number of carboxylic acids is 1. The zero-order chi connectivity index (χ0) is 13.1. The van der Waals surface area contributed by atoms with Crippen LogP contribution in [0.3, 0.4) is 0 Å². The van der Waals surface area contributed by atoms with Gasteiger partial charge in [-0.2, -0.15) is 0 Å². The maximum absolute atomic E-state index is 13.0. The quantitative estimate of drug-likeness (QED) is 0.923. The van der Waals surface area contributed by atoms with Gasteiger partial charge in [-0.3, -0.25) is 0 Å². The molecule has 0 unspecified atom stereocenters. The first-order valence-corrected chi connectivity index (χ1v) is 6.62. The average Bonchev–Trinajstić information content (AvgIpc) is 2.79. The minimum absolute atomic E-state index is 0.175. The molecule has 0 atom stereocenters. The molecule has 0 bridgehead atoms. The normalized spacial score (nSPS) is 10.3. The van der Waals surface area contributed by atoms with Crippen molar-refractivity contribution >= 4 is 33.2 Å². The van der Waals surface area contributed by atoms with Gasteiger partial charge in [-0.15, -0.1) is 11.3 Å². The molecule has 18 heavy (non-hydrogen) atoms. The summed E-state index contributed by atoms with van der Waals surface area (Å²) < 4.78 is 19.2. The van der Waals surface area contributed by atoms with E-state index in [1.54, 1.807) is 11.4 Å². The number of rotatable bonds is 4. The Balaban J connectivity index is 2.06. The third-order valence-electron chi connectivity index (χ3n) is 2.19. The molecule has 6 heteroatoms. The molecule has 2 aromatic rings. The summed E-state index contributed by atoms with van der Waals surface area (Å²) in [6.07, 6.45) is 0. The summed E-state index contributed by atoms with van der Waals surface area (Å²) in [7, 11) is 0. The molecule has 0 saturated carbocycles. The lowest BCUT2D eigenvalue weighted by molar-refractivity contribution is 0.0702. The van der Waals surface area contributed by atoms with E-state index in [1.165, 1.54) is 18.2 Å². The van der Waals surface area contributed by atoms with Crippen LogP contribution in [0.4, 0.5) is 4.39 Å². The number of halogens is 2. The van der Waals surface area contributed by atoms with Crippen LogP contribution < -0.4 is 4.74 Å². The lowest BCUT2D eigenvalue weighted by Crippen LogP contribution is -1.96.